The molecule has 0 aliphatic carbocycles. The first kappa shape index (κ1) is 22.4. The topological polar surface area (TPSA) is 66.5 Å². The Morgan fingerprint density at radius 1 is 1.19 bits per heavy atom. The molecule has 1 amide bonds. The molecule has 0 radical (unpaired) electrons. The van der Waals surface area contributed by atoms with Crippen molar-refractivity contribution in [1.82, 2.24) is 5.32 Å². The number of rotatable bonds is 12. The fourth-order valence-corrected chi connectivity index (χ4v) is 3.73. The molecule has 1 atom stereocenters. The molecule has 5 nitrogen and oxygen atoms in total. The Morgan fingerprint density at radius 3 is 2.38 bits per heavy atom. The van der Waals surface area contributed by atoms with Crippen molar-refractivity contribution in [3.63, 3.8) is 0 Å². The first-order chi connectivity index (χ1) is 12.3. The van der Waals surface area contributed by atoms with E-state index in [1.165, 1.54) is 28.6 Å². The van der Waals surface area contributed by atoms with Crippen molar-refractivity contribution in [2.45, 2.75) is 52.4 Å². The summed E-state index contributed by atoms with van der Waals surface area (Å²) >= 11 is 0. The molecule has 1 N–H and O–H groups in total. The second-order valence-electron chi connectivity index (χ2n) is 6.64. The average molecular weight is 387 g/mol. The lowest BCUT2D eigenvalue weighted by atomic mass is 9.99. The molecule has 26 heavy (non-hydrogen) atoms. The minimum Gasteiger partial charge on any atom is -0.356 e. The highest BCUT2D eigenvalue weighted by Gasteiger charge is 2.17. The number of sulfonamides is 1. The second kappa shape index (κ2) is 11.2. The number of nitrogens with zero attached hydrogens (tertiary/aromatic N) is 1. The van der Waals surface area contributed by atoms with E-state index in [1.54, 1.807) is 0 Å². The van der Waals surface area contributed by atoms with E-state index in [4.69, 9.17) is 0 Å². The molecule has 0 aliphatic rings. The molecular weight excluding hydrogens is 355 g/mol. The lowest BCUT2D eigenvalue weighted by Crippen LogP contribution is -2.33. The molecule has 0 saturated carbocycles. The van der Waals surface area contributed by atoms with Gasteiger partial charge in [-0.25, -0.2) is 12.8 Å². The van der Waals surface area contributed by atoms with Crippen LogP contribution in [0.5, 0.6) is 0 Å². The smallest absolute Gasteiger partial charge is 0.232 e. The van der Waals surface area contributed by atoms with E-state index in [0.717, 1.165) is 31.9 Å². The van der Waals surface area contributed by atoms with Crippen LogP contribution in [0.2, 0.25) is 0 Å². The Balaban J connectivity index is 2.49. The SMILES string of the molecule is CCCCC(CC)CNC(=O)CCCN(c1ccc(F)cc1)S(C)(=O)=O. The van der Waals surface area contributed by atoms with Gasteiger partial charge in [-0.05, 0) is 43.0 Å². The highest BCUT2D eigenvalue weighted by atomic mass is 32.2. The summed E-state index contributed by atoms with van der Waals surface area (Å²) in [5.74, 6) is 0.00766. The third-order valence-electron chi connectivity index (χ3n) is 4.41. The maximum Gasteiger partial charge on any atom is 0.232 e. The van der Waals surface area contributed by atoms with Gasteiger partial charge in [0.05, 0.1) is 11.9 Å². The van der Waals surface area contributed by atoms with Crippen LogP contribution in [-0.4, -0.2) is 33.7 Å². The van der Waals surface area contributed by atoms with E-state index < -0.39 is 15.8 Å². The molecule has 0 aromatic heterocycles. The van der Waals surface area contributed by atoms with Gasteiger partial charge >= 0.3 is 0 Å². The van der Waals surface area contributed by atoms with Gasteiger partial charge in [0, 0.05) is 19.5 Å². The normalized spacial score (nSPS) is 12.6. The summed E-state index contributed by atoms with van der Waals surface area (Å²) < 4.78 is 38.2. The fraction of sp³-hybridized carbons (Fsp3) is 0.632. The Morgan fingerprint density at radius 2 is 1.85 bits per heavy atom. The number of anilines is 1. The highest BCUT2D eigenvalue weighted by molar-refractivity contribution is 7.92. The fourth-order valence-electron chi connectivity index (χ4n) is 2.77. The monoisotopic (exact) mass is 386 g/mol. The summed E-state index contributed by atoms with van der Waals surface area (Å²) in [5.41, 5.74) is 0.403. The van der Waals surface area contributed by atoms with Crippen LogP contribution in [-0.2, 0) is 14.8 Å². The number of hydrogen-bond donors (Lipinski definition) is 1. The highest BCUT2D eigenvalue weighted by Crippen LogP contribution is 2.18. The summed E-state index contributed by atoms with van der Waals surface area (Å²) in [5, 5.41) is 2.95. The first-order valence-corrected chi connectivity index (χ1v) is 11.1. The van der Waals surface area contributed by atoms with Gasteiger partial charge in [-0.1, -0.05) is 33.1 Å². The molecule has 0 aliphatic heterocycles. The maximum absolute atomic E-state index is 13.0. The van der Waals surface area contributed by atoms with Crippen molar-refractivity contribution in [3.8, 4) is 0 Å². The van der Waals surface area contributed by atoms with Gasteiger partial charge in [0.2, 0.25) is 15.9 Å². The van der Waals surface area contributed by atoms with Crippen molar-refractivity contribution in [1.29, 1.82) is 0 Å². The number of hydrogen-bond acceptors (Lipinski definition) is 3. The van der Waals surface area contributed by atoms with Gasteiger partial charge in [0.15, 0.2) is 0 Å². The van der Waals surface area contributed by atoms with Crippen molar-refractivity contribution >= 4 is 21.6 Å². The third kappa shape index (κ3) is 8.17. The van der Waals surface area contributed by atoms with Crippen LogP contribution in [0.3, 0.4) is 0 Å². The molecule has 1 rings (SSSR count). The van der Waals surface area contributed by atoms with Gasteiger partial charge in [-0.2, -0.15) is 0 Å². The lowest BCUT2D eigenvalue weighted by molar-refractivity contribution is -0.121. The number of nitrogens with one attached hydrogen (secondary N) is 1. The maximum atomic E-state index is 13.0. The van der Waals surface area contributed by atoms with Gasteiger partial charge in [0.1, 0.15) is 5.82 Å². The van der Waals surface area contributed by atoms with Crippen LogP contribution in [0, 0.1) is 11.7 Å². The summed E-state index contributed by atoms with van der Waals surface area (Å²) in [6, 6.07) is 5.30. The Kier molecular flexibility index (Phi) is 9.62. The van der Waals surface area contributed by atoms with Crippen LogP contribution in [0.1, 0.15) is 52.4 Å². The summed E-state index contributed by atoms with van der Waals surface area (Å²) in [6.07, 6.45) is 6.23. The number of carbonyl (C=O) groups is 1. The summed E-state index contributed by atoms with van der Waals surface area (Å²) in [6.45, 7) is 5.13. The van der Waals surface area contributed by atoms with E-state index in [-0.39, 0.29) is 18.9 Å². The van der Waals surface area contributed by atoms with Gasteiger partial charge < -0.3 is 5.32 Å². The lowest BCUT2D eigenvalue weighted by Gasteiger charge is -2.22. The van der Waals surface area contributed by atoms with E-state index in [9.17, 15) is 17.6 Å². The van der Waals surface area contributed by atoms with E-state index in [1.807, 2.05) is 0 Å². The zero-order chi connectivity index (χ0) is 19.6. The van der Waals surface area contributed by atoms with Crippen molar-refractivity contribution in [2.75, 3.05) is 23.7 Å². The molecule has 0 saturated heterocycles. The third-order valence-corrected chi connectivity index (χ3v) is 5.61. The molecule has 0 heterocycles. The average Bonchev–Trinajstić information content (AvgIpc) is 2.59. The molecule has 1 unspecified atom stereocenters. The van der Waals surface area contributed by atoms with Crippen molar-refractivity contribution in [2.24, 2.45) is 5.92 Å². The minimum absolute atomic E-state index is 0.0625. The standard InChI is InChI=1S/C19H31FN2O3S/c1-4-6-8-16(5-2)15-21-19(23)9-7-14-22(26(3,24)25)18-12-10-17(20)11-13-18/h10-13,16H,4-9,14-15H2,1-3H3,(H,21,23). The van der Waals surface area contributed by atoms with E-state index in [2.05, 4.69) is 19.2 Å². The Labute approximate surface area is 157 Å². The number of benzene rings is 1. The number of unbranched alkanes of at least 4 members (excludes halogenated alkanes) is 1. The quantitative estimate of drug-likeness (QED) is 0.595. The van der Waals surface area contributed by atoms with Crippen molar-refractivity contribution < 1.29 is 17.6 Å². The van der Waals surface area contributed by atoms with Crippen LogP contribution >= 0.6 is 0 Å². The van der Waals surface area contributed by atoms with Gasteiger partial charge in [0.25, 0.3) is 0 Å². The van der Waals surface area contributed by atoms with E-state index >= 15 is 0 Å². The molecule has 0 fully saturated rings. The van der Waals surface area contributed by atoms with Crippen LogP contribution in [0.4, 0.5) is 10.1 Å². The molecule has 1 aromatic rings. The van der Waals surface area contributed by atoms with Gasteiger partial charge in [-0.15, -0.1) is 0 Å². The predicted molar refractivity (Wildman–Crippen MR) is 104 cm³/mol. The predicted octanol–water partition coefficient (Wildman–Crippen LogP) is 3.70. The number of carbonyl (C=O) groups excluding carboxylic acids is 1. The summed E-state index contributed by atoms with van der Waals surface area (Å²) in [4.78, 5) is 12.0. The van der Waals surface area contributed by atoms with Crippen molar-refractivity contribution in [3.05, 3.63) is 30.1 Å². The van der Waals surface area contributed by atoms with E-state index in [0.29, 0.717) is 24.6 Å². The number of halogens is 1. The Bertz CT molecular complexity index is 647. The zero-order valence-corrected chi connectivity index (χ0v) is 16.8. The van der Waals surface area contributed by atoms with Crippen LogP contribution < -0.4 is 9.62 Å². The molecule has 0 bridgehead atoms. The minimum atomic E-state index is -3.49. The van der Waals surface area contributed by atoms with Crippen LogP contribution in [0.15, 0.2) is 24.3 Å². The number of amides is 1. The molecule has 148 valence electrons. The Hall–Kier alpha value is -1.63. The molecule has 0 spiro atoms. The van der Waals surface area contributed by atoms with Crippen LogP contribution in [0.25, 0.3) is 0 Å². The molecule has 1 aromatic carbocycles. The largest absolute Gasteiger partial charge is 0.356 e. The molecular formula is C19H31FN2O3S. The molecule has 7 heteroatoms. The van der Waals surface area contributed by atoms with Gasteiger partial charge in [-0.3, -0.25) is 9.10 Å². The first-order valence-electron chi connectivity index (χ1n) is 9.27. The zero-order valence-electron chi connectivity index (χ0n) is 16.0. The summed E-state index contributed by atoms with van der Waals surface area (Å²) in [7, 11) is -3.49. The second-order valence-corrected chi connectivity index (χ2v) is 8.54.